The lowest BCUT2D eigenvalue weighted by Crippen LogP contribution is -1.99. The van der Waals surface area contributed by atoms with Crippen molar-refractivity contribution < 1.29 is 9.84 Å². The summed E-state index contributed by atoms with van der Waals surface area (Å²) in [4.78, 5) is 4.18. The molecule has 4 heteroatoms. The molecule has 1 heterocycles. The van der Waals surface area contributed by atoms with Crippen LogP contribution in [0.4, 0.5) is 0 Å². The predicted molar refractivity (Wildman–Crippen MR) is 66.2 cm³/mol. The highest BCUT2D eigenvalue weighted by Crippen LogP contribution is 2.36. The second-order valence-corrected chi connectivity index (χ2v) is 4.87. The highest BCUT2D eigenvalue weighted by atomic mass is 32.1. The molecule has 0 radical (unpaired) electrons. The molecule has 1 aliphatic carbocycles. The van der Waals surface area contributed by atoms with Crippen LogP contribution in [0.1, 0.15) is 29.3 Å². The summed E-state index contributed by atoms with van der Waals surface area (Å²) in [6.07, 6.45) is 1.36. The van der Waals surface area contributed by atoms with Crippen molar-refractivity contribution in [3.05, 3.63) is 45.9 Å². The maximum Gasteiger partial charge on any atom is 0.131 e. The van der Waals surface area contributed by atoms with E-state index in [1.165, 1.54) is 0 Å². The standard InChI is InChI=1S/C13H13NO2S/c15-12-5-4-11-10(12)2-1-3-13(11)16-6-9-7-17-8-14-9/h1-3,7-8,12,15H,4-6H2. The fraction of sp³-hybridized carbons (Fsp3) is 0.308. The molecule has 0 saturated heterocycles. The van der Waals surface area contributed by atoms with Crippen molar-refractivity contribution in [2.75, 3.05) is 0 Å². The molecule has 0 bridgehead atoms. The summed E-state index contributed by atoms with van der Waals surface area (Å²) in [6, 6.07) is 5.87. The molecule has 17 heavy (non-hydrogen) atoms. The van der Waals surface area contributed by atoms with Crippen molar-refractivity contribution >= 4 is 11.3 Å². The van der Waals surface area contributed by atoms with Crippen LogP contribution in [-0.2, 0) is 13.0 Å². The van der Waals surface area contributed by atoms with Gasteiger partial charge in [-0.05, 0) is 24.5 Å². The van der Waals surface area contributed by atoms with Gasteiger partial charge in [0, 0.05) is 10.9 Å². The summed E-state index contributed by atoms with van der Waals surface area (Å²) in [5, 5.41) is 11.8. The van der Waals surface area contributed by atoms with Gasteiger partial charge >= 0.3 is 0 Å². The Morgan fingerprint density at radius 2 is 2.41 bits per heavy atom. The highest BCUT2D eigenvalue weighted by molar-refractivity contribution is 7.07. The number of benzene rings is 1. The van der Waals surface area contributed by atoms with Crippen LogP contribution in [0.3, 0.4) is 0 Å². The number of hydrogen-bond donors (Lipinski definition) is 1. The van der Waals surface area contributed by atoms with Gasteiger partial charge in [-0.1, -0.05) is 12.1 Å². The van der Waals surface area contributed by atoms with Gasteiger partial charge in [0.25, 0.3) is 0 Å². The molecule has 2 aromatic rings. The summed E-state index contributed by atoms with van der Waals surface area (Å²) in [7, 11) is 0. The summed E-state index contributed by atoms with van der Waals surface area (Å²) >= 11 is 1.57. The van der Waals surface area contributed by atoms with E-state index in [-0.39, 0.29) is 6.10 Å². The number of fused-ring (bicyclic) bond motifs is 1. The molecule has 0 fully saturated rings. The zero-order valence-electron chi connectivity index (χ0n) is 9.30. The molecule has 1 N–H and O–H groups in total. The van der Waals surface area contributed by atoms with E-state index in [9.17, 15) is 5.11 Å². The van der Waals surface area contributed by atoms with E-state index in [0.29, 0.717) is 6.61 Å². The lowest BCUT2D eigenvalue weighted by Gasteiger charge is -2.10. The number of aliphatic hydroxyl groups excluding tert-OH is 1. The third kappa shape index (κ3) is 2.06. The quantitative estimate of drug-likeness (QED) is 0.906. The zero-order chi connectivity index (χ0) is 11.7. The highest BCUT2D eigenvalue weighted by Gasteiger charge is 2.23. The Morgan fingerprint density at radius 3 is 3.24 bits per heavy atom. The Labute approximate surface area is 104 Å². The van der Waals surface area contributed by atoms with Gasteiger partial charge < -0.3 is 9.84 Å². The Kier molecular flexibility index (Phi) is 2.82. The Bertz CT molecular complexity index is 510. The summed E-state index contributed by atoms with van der Waals surface area (Å²) in [5.41, 5.74) is 4.92. The molecule has 0 amide bonds. The van der Waals surface area contributed by atoms with Crippen molar-refractivity contribution in [1.29, 1.82) is 0 Å². The molecule has 0 saturated carbocycles. The smallest absolute Gasteiger partial charge is 0.131 e. The number of aromatic nitrogens is 1. The zero-order valence-corrected chi connectivity index (χ0v) is 10.1. The fourth-order valence-corrected chi connectivity index (χ4v) is 2.74. The van der Waals surface area contributed by atoms with Crippen LogP contribution in [0, 0.1) is 0 Å². The van der Waals surface area contributed by atoms with E-state index < -0.39 is 0 Å². The predicted octanol–water partition coefficient (Wildman–Crippen LogP) is 2.70. The van der Waals surface area contributed by atoms with Gasteiger partial charge in [-0.15, -0.1) is 11.3 Å². The largest absolute Gasteiger partial charge is 0.487 e. The van der Waals surface area contributed by atoms with Crippen molar-refractivity contribution in [2.45, 2.75) is 25.6 Å². The maximum absolute atomic E-state index is 9.79. The minimum Gasteiger partial charge on any atom is -0.487 e. The first-order valence-corrected chi connectivity index (χ1v) is 6.58. The number of rotatable bonds is 3. The second kappa shape index (κ2) is 4.47. The topological polar surface area (TPSA) is 42.4 Å². The molecule has 1 unspecified atom stereocenters. The summed E-state index contributed by atoms with van der Waals surface area (Å²) < 4.78 is 5.77. The van der Waals surface area contributed by atoms with E-state index in [0.717, 1.165) is 35.4 Å². The monoisotopic (exact) mass is 247 g/mol. The van der Waals surface area contributed by atoms with Gasteiger partial charge in [0.05, 0.1) is 17.3 Å². The van der Waals surface area contributed by atoms with Gasteiger partial charge in [-0.3, -0.25) is 0 Å². The number of aliphatic hydroxyl groups is 1. The summed E-state index contributed by atoms with van der Waals surface area (Å²) in [5.74, 6) is 0.882. The van der Waals surface area contributed by atoms with Crippen LogP contribution in [0.15, 0.2) is 29.1 Å². The lowest BCUT2D eigenvalue weighted by atomic mass is 10.1. The fourth-order valence-electron chi connectivity index (χ4n) is 2.19. The number of ether oxygens (including phenoxy) is 1. The average Bonchev–Trinajstić information content (AvgIpc) is 2.97. The van der Waals surface area contributed by atoms with E-state index >= 15 is 0 Å². The molecule has 0 spiro atoms. The van der Waals surface area contributed by atoms with Crippen LogP contribution in [0.25, 0.3) is 0 Å². The molecule has 1 aromatic carbocycles. The number of hydrogen-bond acceptors (Lipinski definition) is 4. The van der Waals surface area contributed by atoms with Crippen molar-refractivity contribution in [3.63, 3.8) is 0 Å². The van der Waals surface area contributed by atoms with Gasteiger partial charge in [0.2, 0.25) is 0 Å². The third-order valence-electron chi connectivity index (χ3n) is 3.06. The van der Waals surface area contributed by atoms with Crippen molar-refractivity contribution in [1.82, 2.24) is 4.98 Å². The Hall–Kier alpha value is -1.39. The Morgan fingerprint density at radius 1 is 1.47 bits per heavy atom. The molecule has 3 rings (SSSR count). The average molecular weight is 247 g/mol. The van der Waals surface area contributed by atoms with E-state index in [1.54, 1.807) is 16.8 Å². The normalized spacial score (nSPS) is 18.1. The number of nitrogens with zero attached hydrogens (tertiary/aromatic N) is 1. The van der Waals surface area contributed by atoms with E-state index in [1.807, 2.05) is 23.6 Å². The molecule has 0 aliphatic heterocycles. The molecule has 88 valence electrons. The first-order valence-electron chi connectivity index (χ1n) is 5.64. The van der Waals surface area contributed by atoms with Gasteiger partial charge in [0.15, 0.2) is 0 Å². The van der Waals surface area contributed by atoms with Gasteiger partial charge in [0.1, 0.15) is 12.4 Å². The molecular weight excluding hydrogens is 234 g/mol. The number of thiazole rings is 1. The summed E-state index contributed by atoms with van der Waals surface area (Å²) in [6.45, 7) is 0.496. The minimum atomic E-state index is -0.326. The molecule has 1 aromatic heterocycles. The maximum atomic E-state index is 9.79. The first-order chi connectivity index (χ1) is 8.34. The first kappa shape index (κ1) is 10.7. The van der Waals surface area contributed by atoms with E-state index in [2.05, 4.69) is 4.98 Å². The van der Waals surface area contributed by atoms with Gasteiger partial charge in [-0.25, -0.2) is 4.98 Å². The Balaban J connectivity index is 1.80. The van der Waals surface area contributed by atoms with Crippen LogP contribution in [-0.4, -0.2) is 10.1 Å². The van der Waals surface area contributed by atoms with Crippen molar-refractivity contribution in [2.24, 2.45) is 0 Å². The van der Waals surface area contributed by atoms with Crippen LogP contribution in [0.5, 0.6) is 5.75 Å². The van der Waals surface area contributed by atoms with Crippen molar-refractivity contribution in [3.8, 4) is 5.75 Å². The van der Waals surface area contributed by atoms with Crippen LogP contribution >= 0.6 is 11.3 Å². The van der Waals surface area contributed by atoms with Crippen LogP contribution in [0.2, 0.25) is 0 Å². The third-order valence-corrected chi connectivity index (χ3v) is 3.69. The lowest BCUT2D eigenvalue weighted by molar-refractivity contribution is 0.180. The SMILES string of the molecule is OC1CCc2c(OCc3cscn3)cccc21. The minimum absolute atomic E-state index is 0.326. The molecular formula is C13H13NO2S. The second-order valence-electron chi connectivity index (χ2n) is 4.15. The van der Waals surface area contributed by atoms with E-state index in [4.69, 9.17) is 4.74 Å². The van der Waals surface area contributed by atoms with Crippen LogP contribution < -0.4 is 4.74 Å². The molecule has 3 nitrogen and oxygen atoms in total. The molecule has 1 aliphatic rings. The molecule has 1 atom stereocenters. The van der Waals surface area contributed by atoms with Gasteiger partial charge in [-0.2, -0.15) is 0 Å².